The number of aryl methyl sites for hydroxylation is 2. The Hall–Kier alpha value is -1.88. The third kappa shape index (κ3) is 2.93. The second-order valence-corrected chi connectivity index (χ2v) is 4.55. The van der Waals surface area contributed by atoms with Gasteiger partial charge in [0.25, 0.3) is 0 Å². The van der Waals surface area contributed by atoms with Gasteiger partial charge in [-0.2, -0.15) is 0 Å². The van der Waals surface area contributed by atoms with Crippen LogP contribution in [-0.2, 0) is 16.0 Å². The van der Waals surface area contributed by atoms with Crippen molar-refractivity contribution in [1.29, 1.82) is 0 Å². The second kappa shape index (κ2) is 5.84. The zero-order valence-electron chi connectivity index (χ0n) is 11.6. The molecule has 0 saturated heterocycles. The zero-order valence-corrected chi connectivity index (χ0v) is 11.6. The third-order valence-electron chi connectivity index (χ3n) is 3.10. The number of carbonyl (C=O) groups is 1. The van der Waals surface area contributed by atoms with E-state index in [0.29, 0.717) is 19.6 Å². The first kappa shape index (κ1) is 13.5. The number of hydrogen-bond acceptors (Lipinski definition) is 3. The van der Waals surface area contributed by atoms with Crippen molar-refractivity contribution in [1.82, 2.24) is 14.7 Å². The molecule has 0 unspecified atom stereocenters. The summed E-state index contributed by atoms with van der Waals surface area (Å²) in [5, 5.41) is 2.82. The van der Waals surface area contributed by atoms with Crippen molar-refractivity contribution in [3.05, 3.63) is 35.3 Å². The number of amides is 1. The summed E-state index contributed by atoms with van der Waals surface area (Å²) in [5.41, 5.74) is 3.86. The SMILES string of the molecule is COCCNC(=O)Cc1c(C)nc2c(C)cccn12. The highest BCUT2D eigenvalue weighted by Gasteiger charge is 2.13. The molecule has 5 nitrogen and oxygen atoms in total. The molecule has 0 spiro atoms. The van der Waals surface area contributed by atoms with Gasteiger partial charge in [0.2, 0.25) is 5.91 Å². The number of rotatable bonds is 5. The fourth-order valence-corrected chi connectivity index (χ4v) is 2.09. The minimum Gasteiger partial charge on any atom is -0.383 e. The van der Waals surface area contributed by atoms with Crippen LogP contribution in [0, 0.1) is 13.8 Å². The molecule has 19 heavy (non-hydrogen) atoms. The normalized spacial score (nSPS) is 10.9. The Labute approximate surface area is 112 Å². The summed E-state index contributed by atoms with van der Waals surface area (Å²) in [5.74, 6) is -0.0107. The van der Waals surface area contributed by atoms with Gasteiger partial charge in [0.05, 0.1) is 24.4 Å². The number of nitrogens with one attached hydrogen (secondary N) is 1. The van der Waals surface area contributed by atoms with Crippen molar-refractivity contribution in [3.8, 4) is 0 Å². The monoisotopic (exact) mass is 261 g/mol. The number of nitrogens with zero attached hydrogens (tertiary/aromatic N) is 2. The molecule has 0 radical (unpaired) electrons. The maximum Gasteiger partial charge on any atom is 0.226 e. The van der Waals surface area contributed by atoms with E-state index in [9.17, 15) is 4.79 Å². The van der Waals surface area contributed by atoms with Gasteiger partial charge < -0.3 is 14.5 Å². The van der Waals surface area contributed by atoms with Crippen LogP contribution in [0.4, 0.5) is 0 Å². The molecule has 1 amide bonds. The van der Waals surface area contributed by atoms with Gasteiger partial charge in [-0.1, -0.05) is 6.07 Å². The van der Waals surface area contributed by atoms with E-state index in [-0.39, 0.29) is 5.91 Å². The molecule has 0 bridgehead atoms. The summed E-state index contributed by atoms with van der Waals surface area (Å²) in [4.78, 5) is 16.4. The molecule has 0 aliphatic rings. The quantitative estimate of drug-likeness (QED) is 0.824. The van der Waals surface area contributed by atoms with Gasteiger partial charge in [0.1, 0.15) is 5.65 Å². The van der Waals surface area contributed by atoms with E-state index in [2.05, 4.69) is 10.3 Å². The van der Waals surface area contributed by atoms with Gasteiger partial charge in [-0.25, -0.2) is 4.98 Å². The molecule has 2 rings (SSSR count). The van der Waals surface area contributed by atoms with Crippen molar-refractivity contribution in [2.45, 2.75) is 20.3 Å². The summed E-state index contributed by atoms with van der Waals surface area (Å²) >= 11 is 0. The first-order valence-corrected chi connectivity index (χ1v) is 6.32. The van der Waals surface area contributed by atoms with E-state index < -0.39 is 0 Å². The number of methoxy groups -OCH3 is 1. The summed E-state index contributed by atoms with van der Waals surface area (Å²) in [6.45, 7) is 5.01. The van der Waals surface area contributed by atoms with Crippen molar-refractivity contribution >= 4 is 11.6 Å². The number of fused-ring (bicyclic) bond motifs is 1. The molecule has 0 aliphatic carbocycles. The lowest BCUT2D eigenvalue weighted by atomic mass is 10.2. The maximum absolute atomic E-state index is 11.9. The van der Waals surface area contributed by atoms with Crippen LogP contribution in [-0.4, -0.2) is 35.6 Å². The Kier molecular flexibility index (Phi) is 4.16. The van der Waals surface area contributed by atoms with Crippen LogP contribution >= 0.6 is 0 Å². The summed E-state index contributed by atoms with van der Waals surface area (Å²) in [6, 6.07) is 3.99. The van der Waals surface area contributed by atoms with Crippen molar-refractivity contribution in [2.75, 3.05) is 20.3 Å². The van der Waals surface area contributed by atoms with Crippen LogP contribution in [0.25, 0.3) is 5.65 Å². The highest BCUT2D eigenvalue weighted by Crippen LogP contribution is 2.15. The van der Waals surface area contributed by atoms with Crippen LogP contribution in [0.3, 0.4) is 0 Å². The van der Waals surface area contributed by atoms with Crippen molar-refractivity contribution in [2.24, 2.45) is 0 Å². The average Bonchev–Trinajstić information content (AvgIpc) is 2.69. The Morgan fingerprint density at radius 3 is 3.00 bits per heavy atom. The van der Waals surface area contributed by atoms with Crippen molar-refractivity contribution < 1.29 is 9.53 Å². The van der Waals surface area contributed by atoms with E-state index in [1.54, 1.807) is 7.11 Å². The lowest BCUT2D eigenvalue weighted by molar-refractivity contribution is -0.120. The largest absolute Gasteiger partial charge is 0.383 e. The summed E-state index contributed by atoms with van der Waals surface area (Å²) in [7, 11) is 1.61. The highest BCUT2D eigenvalue weighted by molar-refractivity contribution is 5.78. The molecule has 2 heterocycles. The minimum atomic E-state index is -0.0107. The predicted octanol–water partition coefficient (Wildman–Crippen LogP) is 1.26. The number of hydrogen-bond donors (Lipinski definition) is 1. The van der Waals surface area contributed by atoms with E-state index >= 15 is 0 Å². The molecule has 0 saturated carbocycles. The Balaban J connectivity index is 2.18. The van der Waals surface area contributed by atoms with Crippen LogP contribution in [0.5, 0.6) is 0 Å². The van der Waals surface area contributed by atoms with E-state index in [0.717, 1.165) is 22.6 Å². The molecule has 5 heteroatoms. The lowest BCUT2D eigenvalue weighted by Crippen LogP contribution is -2.28. The van der Waals surface area contributed by atoms with Crippen molar-refractivity contribution in [3.63, 3.8) is 0 Å². The molecular weight excluding hydrogens is 242 g/mol. The molecule has 2 aromatic rings. The van der Waals surface area contributed by atoms with Gasteiger partial charge in [0.15, 0.2) is 0 Å². The number of imidazole rings is 1. The van der Waals surface area contributed by atoms with Gasteiger partial charge in [0, 0.05) is 19.9 Å². The highest BCUT2D eigenvalue weighted by atomic mass is 16.5. The summed E-state index contributed by atoms with van der Waals surface area (Å²) < 4.78 is 6.89. The second-order valence-electron chi connectivity index (χ2n) is 4.55. The Morgan fingerprint density at radius 2 is 2.26 bits per heavy atom. The minimum absolute atomic E-state index is 0.0107. The van der Waals surface area contributed by atoms with Gasteiger partial charge in [-0.15, -0.1) is 0 Å². The standard InChI is InChI=1S/C14H19N3O2/c1-10-5-4-7-17-12(11(2)16-14(10)17)9-13(18)15-6-8-19-3/h4-5,7H,6,8-9H2,1-3H3,(H,15,18). The van der Waals surface area contributed by atoms with E-state index in [1.165, 1.54) is 0 Å². The van der Waals surface area contributed by atoms with Gasteiger partial charge >= 0.3 is 0 Å². The molecule has 0 atom stereocenters. The van der Waals surface area contributed by atoms with Crippen LogP contribution in [0.1, 0.15) is 17.0 Å². The van der Waals surface area contributed by atoms with E-state index in [4.69, 9.17) is 4.74 Å². The Bertz CT molecular complexity index is 590. The molecule has 0 fully saturated rings. The number of carbonyl (C=O) groups excluding carboxylic acids is 1. The molecule has 2 aromatic heterocycles. The van der Waals surface area contributed by atoms with Crippen LogP contribution < -0.4 is 5.32 Å². The van der Waals surface area contributed by atoms with Crippen LogP contribution in [0.15, 0.2) is 18.3 Å². The van der Waals surface area contributed by atoms with Gasteiger partial charge in [-0.05, 0) is 25.5 Å². The zero-order chi connectivity index (χ0) is 13.8. The van der Waals surface area contributed by atoms with Gasteiger partial charge in [-0.3, -0.25) is 4.79 Å². The maximum atomic E-state index is 11.9. The average molecular weight is 261 g/mol. The number of pyridine rings is 1. The first-order valence-electron chi connectivity index (χ1n) is 6.32. The predicted molar refractivity (Wildman–Crippen MR) is 73.3 cm³/mol. The fraction of sp³-hybridized carbons (Fsp3) is 0.429. The third-order valence-corrected chi connectivity index (χ3v) is 3.10. The molecule has 1 N–H and O–H groups in total. The Morgan fingerprint density at radius 1 is 1.47 bits per heavy atom. The topological polar surface area (TPSA) is 55.6 Å². The van der Waals surface area contributed by atoms with E-state index in [1.807, 2.05) is 36.6 Å². The summed E-state index contributed by atoms with van der Waals surface area (Å²) in [6.07, 6.45) is 2.28. The molecule has 0 aliphatic heterocycles. The smallest absolute Gasteiger partial charge is 0.226 e. The molecule has 0 aromatic carbocycles. The number of aromatic nitrogens is 2. The first-order chi connectivity index (χ1) is 9.13. The molecular formula is C14H19N3O2. The lowest BCUT2D eigenvalue weighted by Gasteiger charge is -2.06. The van der Waals surface area contributed by atoms with Crippen LogP contribution in [0.2, 0.25) is 0 Å². The molecule has 102 valence electrons. The fourth-order valence-electron chi connectivity index (χ4n) is 2.09. The number of ether oxygens (including phenoxy) is 1.